The molecule has 5 nitrogen and oxygen atoms in total. The van der Waals surface area contributed by atoms with Gasteiger partial charge >= 0.3 is 0 Å². The Morgan fingerprint density at radius 2 is 1.95 bits per heavy atom. The van der Waals surface area contributed by atoms with Gasteiger partial charge in [0.05, 0.1) is 5.69 Å². The first-order chi connectivity index (χ1) is 10.0. The molecular formula is C15H20FN5. The van der Waals surface area contributed by atoms with Crippen LogP contribution in [0.2, 0.25) is 0 Å². The molecule has 2 aromatic rings. The summed E-state index contributed by atoms with van der Waals surface area (Å²) in [4.78, 5) is 10.7. The number of aryl methyl sites for hydroxylation is 1. The average molecular weight is 289 g/mol. The standard InChI is InChI=1S/C15H20FN5/c1-11-10-14(19-13-7-5-4-6-12(13)16)20-15(18-11)17-8-9-21(2)3/h4-7,10H,8-9H2,1-3H3,(H2,17,18,19,20). The average Bonchev–Trinajstić information content (AvgIpc) is 2.40. The van der Waals surface area contributed by atoms with E-state index in [1.807, 2.05) is 21.0 Å². The summed E-state index contributed by atoms with van der Waals surface area (Å²) in [6, 6.07) is 8.29. The van der Waals surface area contributed by atoms with Gasteiger partial charge in [-0.1, -0.05) is 12.1 Å². The van der Waals surface area contributed by atoms with Gasteiger partial charge in [0, 0.05) is 24.8 Å². The van der Waals surface area contributed by atoms with Crippen LogP contribution in [-0.4, -0.2) is 42.1 Å². The number of anilines is 3. The molecule has 6 heteroatoms. The van der Waals surface area contributed by atoms with Crippen LogP contribution in [-0.2, 0) is 0 Å². The lowest BCUT2D eigenvalue weighted by Crippen LogP contribution is -2.21. The van der Waals surface area contributed by atoms with E-state index in [9.17, 15) is 4.39 Å². The first kappa shape index (κ1) is 15.2. The SMILES string of the molecule is Cc1cc(Nc2ccccc2F)nc(NCCN(C)C)n1. The van der Waals surface area contributed by atoms with Crippen LogP contribution < -0.4 is 10.6 Å². The molecule has 1 aromatic heterocycles. The molecule has 0 aliphatic carbocycles. The van der Waals surface area contributed by atoms with E-state index >= 15 is 0 Å². The third kappa shape index (κ3) is 4.68. The second kappa shape index (κ2) is 6.99. The van der Waals surface area contributed by atoms with Crippen molar-refractivity contribution < 1.29 is 4.39 Å². The van der Waals surface area contributed by atoms with Gasteiger partial charge in [0.2, 0.25) is 5.95 Å². The molecule has 0 saturated heterocycles. The zero-order valence-corrected chi connectivity index (χ0v) is 12.5. The minimum Gasteiger partial charge on any atom is -0.353 e. The van der Waals surface area contributed by atoms with Crippen molar-refractivity contribution in [3.8, 4) is 0 Å². The fourth-order valence-electron chi connectivity index (χ4n) is 1.80. The van der Waals surface area contributed by atoms with Gasteiger partial charge in [0.1, 0.15) is 11.6 Å². The molecule has 0 spiro atoms. The Hall–Kier alpha value is -2.21. The molecular weight excluding hydrogens is 269 g/mol. The van der Waals surface area contributed by atoms with Crippen molar-refractivity contribution in [3.63, 3.8) is 0 Å². The summed E-state index contributed by atoms with van der Waals surface area (Å²) in [5, 5.41) is 6.14. The van der Waals surface area contributed by atoms with Crippen LogP contribution in [0.15, 0.2) is 30.3 Å². The minimum absolute atomic E-state index is 0.309. The second-order valence-corrected chi connectivity index (χ2v) is 5.05. The fraction of sp³-hybridized carbons (Fsp3) is 0.333. The van der Waals surface area contributed by atoms with Gasteiger partial charge in [0.25, 0.3) is 0 Å². The second-order valence-electron chi connectivity index (χ2n) is 5.05. The van der Waals surface area contributed by atoms with E-state index in [4.69, 9.17) is 0 Å². The number of para-hydroxylation sites is 1. The quantitative estimate of drug-likeness (QED) is 0.856. The maximum absolute atomic E-state index is 13.6. The summed E-state index contributed by atoms with van der Waals surface area (Å²) in [6.45, 7) is 3.51. The smallest absolute Gasteiger partial charge is 0.224 e. The normalized spacial score (nSPS) is 10.7. The van der Waals surface area contributed by atoms with Crippen LogP contribution in [0.1, 0.15) is 5.69 Å². The summed E-state index contributed by atoms with van der Waals surface area (Å²) in [7, 11) is 4.01. The predicted octanol–water partition coefficient (Wildman–Crippen LogP) is 2.64. The first-order valence-electron chi connectivity index (χ1n) is 6.80. The van der Waals surface area contributed by atoms with Crippen molar-refractivity contribution in [1.29, 1.82) is 0 Å². The molecule has 1 aromatic carbocycles. The monoisotopic (exact) mass is 289 g/mol. The molecule has 21 heavy (non-hydrogen) atoms. The zero-order valence-electron chi connectivity index (χ0n) is 12.5. The van der Waals surface area contributed by atoms with Crippen LogP contribution in [0.5, 0.6) is 0 Å². The van der Waals surface area contributed by atoms with Crippen molar-refractivity contribution in [3.05, 3.63) is 41.8 Å². The van der Waals surface area contributed by atoms with Crippen LogP contribution in [0, 0.1) is 12.7 Å². The summed E-state index contributed by atoms with van der Waals surface area (Å²) >= 11 is 0. The number of hydrogen-bond acceptors (Lipinski definition) is 5. The number of nitrogens with zero attached hydrogens (tertiary/aromatic N) is 3. The molecule has 0 saturated carbocycles. The minimum atomic E-state index is -0.309. The number of likely N-dealkylation sites (N-methyl/N-ethyl adjacent to an activating group) is 1. The summed E-state index contributed by atoms with van der Waals surface area (Å²) in [5.74, 6) is 0.798. The molecule has 2 N–H and O–H groups in total. The van der Waals surface area contributed by atoms with E-state index in [1.54, 1.807) is 24.3 Å². The molecule has 0 aliphatic rings. The molecule has 0 aliphatic heterocycles. The van der Waals surface area contributed by atoms with E-state index in [-0.39, 0.29) is 5.82 Å². The van der Waals surface area contributed by atoms with Gasteiger partial charge in [-0.2, -0.15) is 4.98 Å². The lowest BCUT2D eigenvalue weighted by atomic mass is 10.3. The molecule has 0 amide bonds. The molecule has 1 heterocycles. The lowest BCUT2D eigenvalue weighted by Gasteiger charge is -2.12. The Labute approximate surface area is 124 Å². The van der Waals surface area contributed by atoms with Gasteiger partial charge in [0.15, 0.2) is 0 Å². The Morgan fingerprint density at radius 3 is 2.67 bits per heavy atom. The van der Waals surface area contributed by atoms with Gasteiger partial charge in [-0.05, 0) is 33.2 Å². The molecule has 0 bridgehead atoms. The topological polar surface area (TPSA) is 53.1 Å². The van der Waals surface area contributed by atoms with E-state index in [0.29, 0.717) is 17.5 Å². The van der Waals surface area contributed by atoms with Crippen molar-refractivity contribution in [2.75, 3.05) is 37.8 Å². The highest BCUT2D eigenvalue weighted by Gasteiger charge is 2.05. The molecule has 112 valence electrons. The predicted molar refractivity (Wildman–Crippen MR) is 83.5 cm³/mol. The Bertz CT molecular complexity index is 600. The molecule has 0 atom stereocenters. The van der Waals surface area contributed by atoms with Crippen LogP contribution in [0.3, 0.4) is 0 Å². The molecule has 2 rings (SSSR count). The van der Waals surface area contributed by atoms with Crippen molar-refractivity contribution in [1.82, 2.24) is 14.9 Å². The number of rotatable bonds is 6. The van der Waals surface area contributed by atoms with Gasteiger partial charge in [-0.15, -0.1) is 0 Å². The number of hydrogen-bond donors (Lipinski definition) is 2. The Morgan fingerprint density at radius 1 is 1.19 bits per heavy atom. The van der Waals surface area contributed by atoms with Crippen LogP contribution >= 0.6 is 0 Å². The van der Waals surface area contributed by atoms with Crippen molar-refractivity contribution in [2.24, 2.45) is 0 Å². The van der Waals surface area contributed by atoms with Gasteiger partial charge < -0.3 is 15.5 Å². The highest BCUT2D eigenvalue weighted by atomic mass is 19.1. The highest BCUT2D eigenvalue weighted by molar-refractivity contribution is 5.58. The third-order valence-electron chi connectivity index (χ3n) is 2.83. The fourth-order valence-corrected chi connectivity index (χ4v) is 1.80. The molecule has 0 unspecified atom stereocenters. The lowest BCUT2D eigenvalue weighted by molar-refractivity contribution is 0.425. The van der Waals surface area contributed by atoms with Crippen molar-refractivity contribution >= 4 is 17.5 Å². The molecule has 0 radical (unpaired) electrons. The summed E-state index contributed by atoms with van der Waals surface area (Å²) in [5.41, 5.74) is 1.21. The summed E-state index contributed by atoms with van der Waals surface area (Å²) in [6.07, 6.45) is 0. The Kier molecular flexibility index (Phi) is 5.05. The maximum Gasteiger partial charge on any atom is 0.224 e. The van der Waals surface area contributed by atoms with Gasteiger partial charge in [-0.3, -0.25) is 0 Å². The Balaban J connectivity index is 2.10. The van der Waals surface area contributed by atoms with E-state index in [1.165, 1.54) is 6.07 Å². The van der Waals surface area contributed by atoms with Crippen molar-refractivity contribution in [2.45, 2.75) is 6.92 Å². The third-order valence-corrected chi connectivity index (χ3v) is 2.83. The largest absolute Gasteiger partial charge is 0.353 e. The van der Waals surface area contributed by atoms with E-state index in [0.717, 1.165) is 18.8 Å². The zero-order chi connectivity index (χ0) is 15.2. The number of benzene rings is 1. The number of halogens is 1. The maximum atomic E-state index is 13.6. The highest BCUT2D eigenvalue weighted by Crippen LogP contribution is 2.19. The number of aromatic nitrogens is 2. The van der Waals surface area contributed by atoms with Crippen LogP contribution in [0.25, 0.3) is 0 Å². The number of nitrogens with one attached hydrogen (secondary N) is 2. The first-order valence-corrected chi connectivity index (χ1v) is 6.80. The summed E-state index contributed by atoms with van der Waals surface area (Å²) < 4.78 is 13.6. The van der Waals surface area contributed by atoms with E-state index < -0.39 is 0 Å². The van der Waals surface area contributed by atoms with Gasteiger partial charge in [-0.25, -0.2) is 9.37 Å². The van der Waals surface area contributed by atoms with Crippen LogP contribution in [0.4, 0.5) is 21.8 Å². The molecule has 0 fully saturated rings. The van der Waals surface area contributed by atoms with E-state index in [2.05, 4.69) is 25.5 Å².